The van der Waals surface area contributed by atoms with Gasteiger partial charge in [0, 0.05) is 4.88 Å². The number of ether oxygens (including phenoxy) is 1. The number of nitrogens with one attached hydrogen (secondary N) is 1. The summed E-state index contributed by atoms with van der Waals surface area (Å²) in [5.74, 6) is 0.343. The maximum Gasteiger partial charge on any atom is 0.228 e. The highest BCUT2D eigenvalue weighted by atomic mass is 32.1. The normalized spacial score (nSPS) is 25.6. The summed E-state index contributed by atoms with van der Waals surface area (Å²) in [5, 5.41) is 35.9. The molecule has 1 aliphatic heterocycles. The number of nitrogens with two attached hydrogens (primary N) is 1. The van der Waals surface area contributed by atoms with Crippen molar-refractivity contribution in [3.8, 4) is 0 Å². The zero-order valence-electron chi connectivity index (χ0n) is 13.9. The number of hydrazone groups is 1. The molecule has 12 heteroatoms. The van der Waals surface area contributed by atoms with Crippen molar-refractivity contribution >= 4 is 40.5 Å². The molecule has 4 rings (SSSR count). The molecule has 1 saturated heterocycles. The average Bonchev–Trinajstić information content (AvgIpc) is 3.36. The summed E-state index contributed by atoms with van der Waals surface area (Å²) in [6.07, 6.45) is -1.69. The standard InChI is InChI=1S/C15H17N7O4S/c16-12-9-13(18-6-17-12)22(14-11(25)10(24)8(5-23)26-14)15(20-9)21-19-4-7-2-1-3-27-7/h1-4,6,8,10-11,14,23-25H,5H2,(H,20,21)(H2,16,17,18)/t8-,10-,11-,14-/m1/s1. The SMILES string of the molecule is Nc1ncnc2c1nc(NN=Cc1cccs1)n2[C@@H]1O[C@H](CO)[C@@H](O)[C@H]1O. The molecule has 1 fully saturated rings. The lowest BCUT2D eigenvalue weighted by molar-refractivity contribution is -0.0501. The Morgan fingerprint density at radius 2 is 2.22 bits per heavy atom. The minimum atomic E-state index is -1.31. The first-order valence-corrected chi connectivity index (χ1v) is 8.91. The summed E-state index contributed by atoms with van der Waals surface area (Å²) in [4.78, 5) is 13.3. The maximum atomic E-state index is 10.4. The second kappa shape index (κ2) is 7.17. The van der Waals surface area contributed by atoms with Gasteiger partial charge in [-0.05, 0) is 11.4 Å². The molecule has 3 aromatic rings. The van der Waals surface area contributed by atoms with Gasteiger partial charge in [-0.2, -0.15) is 5.10 Å². The zero-order chi connectivity index (χ0) is 19.0. The fraction of sp³-hybridized carbons (Fsp3) is 0.333. The Kier molecular flexibility index (Phi) is 4.72. The molecule has 0 spiro atoms. The fourth-order valence-electron chi connectivity index (χ4n) is 2.86. The third-order valence-electron chi connectivity index (χ3n) is 4.18. The number of aliphatic hydroxyl groups excluding tert-OH is 3. The number of imidazole rings is 1. The third-order valence-corrected chi connectivity index (χ3v) is 4.98. The van der Waals surface area contributed by atoms with Gasteiger partial charge < -0.3 is 25.8 Å². The van der Waals surface area contributed by atoms with E-state index in [0.29, 0.717) is 11.2 Å². The minimum absolute atomic E-state index is 0.149. The van der Waals surface area contributed by atoms with Crippen LogP contribution in [0.3, 0.4) is 0 Å². The number of thiophene rings is 1. The fourth-order valence-corrected chi connectivity index (χ4v) is 3.44. The Bertz CT molecular complexity index is 961. The summed E-state index contributed by atoms with van der Waals surface area (Å²) >= 11 is 1.51. The van der Waals surface area contributed by atoms with Gasteiger partial charge in [0.15, 0.2) is 23.2 Å². The summed E-state index contributed by atoms with van der Waals surface area (Å²) in [7, 11) is 0. The van der Waals surface area contributed by atoms with Crippen LogP contribution >= 0.6 is 11.3 Å². The summed E-state index contributed by atoms with van der Waals surface area (Å²) in [6, 6.07) is 3.80. The van der Waals surface area contributed by atoms with Crippen molar-refractivity contribution in [2.45, 2.75) is 24.5 Å². The van der Waals surface area contributed by atoms with E-state index in [-0.39, 0.29) is 11.8 Å². The molecule has 142 valence electrons. The molecule has 4 heterocycles. The Balaban J connectivity index is 1.74. The van der Waals surface area contributed by atoms with E-state index in [1.165, 1.54) is 22.2 Å². The van der Waals surface area contributed by atoms with Gasteiger partial charge in [-0.3, -0.25) is 4.57 Å². The molecule has 27 heavy (non-hydrogen) atoms. The van der Waals surface area contributed by atoms with Crippen LogP contribution < -0.4 is 11.2 Å². The number of aliphatic hydroxyl groups is 3. The van der Waals surface area contributed by atoms with Gasteiger partial charge in [0.2, 0.25) is 5.95 Å². The Morgan fingerprint density at radius 3 is 2.93 bits per heavy atom. The van der Waals surface area contributed by atoms with Gasteiger partial charge in [-0.1, -0.05) is 6.07 Å². The summed E-state index contributed by atoms with van der Waals surface area (Å²) in [6.45, 7) is -0.447. The maximum absolute atomic E-state index is 10.4. The van der Waals surface area contributed by atoms with E-state index >= 15 is 0 Å². The van der Waals surface area contributed by atoms with Crippen molar-refractivity contribution in [3.05, 3.63) is 28.7 Å². The van der Waals surface area contributed by atoms with E-state index in [9.17, 15) is 15.3 Å². The minimum Gasteiger partial charge on any atom is -0.394 e. The topological polar surface area (TPSA) is 164 Å². The molecule has 3 aromatic heterocycles. The van der Waals surface area contributed by atoms with Gasteiger partial charge >= 0.3 is 0 Å². The van der Waals surface area contributed by atoms with Crippen LogP contribution in [0.5, 0.6) is 0 Å². The van der Waals surface area contributed by atoms with E-state index in [1.807, 2.05) is 17.5 Å². The molecular formula is C15H17N7O4S. The van der Waals surface area contributed by atoms with Gasteiger partial charge in [0.1, 0.15) is 24.6 Å². The van der Waals surface area contributed by atoms with E-state index in [1.54, 1.807) is 6.21 Å². The van der Waals surface area contributed by atoms with Gasteiger partial charge in [-0.25, -0.2) is 20.4 Å². The number of nitrogen functional groups attached to an aromatic ring is 1. The molecule has 0 unspecified atom stereocenters. The molecule has 0 aliphatic carbocycles. The first kappa shape index (κ1) is 17.8. The van der Waals surface area contributed by atoms with Crippen molar-refractivity contribution in [1.29, 1.82) is 0 Å². The molecule has 0 saturated carbocycles. The highest BCUT2D eigenvalue weighted by Gasteiger charge is 2.45. The van der Waals surface area contributed by atoms with Crippen LogP contribution in [0.15, 0.2) is 28.9 Å². The Labute approximate surface area is 156 Å². The lowest BCUT2D eigenvalue weighted by Gasteiger charge is -2.18. The molecule has 0 radical (unpaired) electrons. The molecule has 0 aromatic carbocycles. The highest BCUT2D eigenvalue weighted by molar-refractivity contribution is 7.11. The monoisotopic (exact) mass is 391 g/mol. The molecule has 0 bridgehead atoms. The molecule has 1 aliphatic rings. The molecule has 0 amide bonds. The number of hydrogen-bond acceptors (Lipinski definition) is 11. The number of fused-ring (bicyclic) bond motifs is 1. The van der Waals surface area contributed by atoms with E-state index in [0.717, 1.165) is 4.88 Å². The predicted octanol–water partition coefficient (Wildman–Crippen LogP) is -0.473. The van der Waals surface area contributed by atoms with Gasteiger partial charge in [0.05, 0.1) is 12.8 Å². The molecular weight excluding hydrogens is 374 g/mol. The van der Waals surface area contributed by atoms with Gasteiger partial charge in [0.25, 0.3) is 0 Å². The quantitative estimate of drug-likeness (QED) is 0.285. The van der Waals surface area contributed by atoms with Crippen molar-refractivity contribution in [2.75, 3.05) is 17.8 Å². The first-order chi connectivity index (χ1) is 13.1. The summed E-state index contributed by atoms with van der Waals surface area (Å²) < 4.78 is 7.04. The van der Waals surface area contributed by atoms with Crippen molar-refractivity contribution < 1.29 is 20.1 Å². The molecule has 11 nitrogen and oxygen atoms in total. The van der Waals surface area contributed by atoms with Crippen LogP contribution in [0.4, 0.5) is 11.8 Å². The van der Waals surface area contributed by atoms with Crippen LogP contribution in [-0.2, 0) is 4.74 Å². The second-order valence-corrected chi connectivity index (χ2v) is 6.83. The number of anilines is 2. The lowest BCUT2D eigenvalue weighted by Crippen LogP contribution is -2.33. The van der Waals surface area contributed by atoms with Crippen LogP contribution in [0.2, 0.25) is 0 Å². The van der Waals surface area contributed by atoms with Crippen molar-refractivity contribution in [2.24, 2.45) is 5.10 Å². The zero-order valence-corrected chi connectivity index (χ0v) is 14.7. The average molecular weight is 391 g/mol. The summed E-state index contributed by atoms with van der Waals surface area (Å²) in [5.41, 5.74) is 9.25. The number of nitrogens with zero attached hydrogens (tertiary/aromatic N) is 5. The van der Waals surface area contributed by atoms with Crippen molar-refractivity contribution in [1.82, 2.24) is 19.5 Å². The lowest BCUT2D eigenvalue weighted by atomic mass is 10.1. The van der Waals surface area contributed by atoms with Crippen molar-refractivity contribution in [3.63, 3.8) is 0 Å². The predicted molar refractivity (Wildman–Crippen MR) is 98.3 cm³/mol. The molecule has 4 atom stereocenters. The number of hydrogen-bond donors (Lipinski definition) is 5. The number of aromatic nitrogens is 4. The Hall–Kier alpha value is -2.64. The Morgan fingerprint density at radius 1 is 1.37 bits per heavy atom. The van der Waals surface area contributed by atoms with Crippen LogP contribution in [0, 0.1) is 0 Å². The smallest absolute Gasteiger partial charge is 0.228 e. The van der Waals surface area contributed by atoms with Crippen LogP contribution in [0.1, 0.15) is 11.1 Å². The highest BCUT2D eigenvalue weighted by Crippen LogP contribution is 2.35. The largest absolute Gasteiger partial charge is 0.394 e. The van der Waals surface area contributed by atoms with E-state index in [4.69, 9.17) is 10.5 Å². The first-order valence-electron chi connectivity index (χ1n) is 8.03. The number of rotatable bonds is 5. The second-order valence-electron chi connectivity index (χ2n) is 5.85. The third kappa shape index (κ3) is 3.13. The van der Waals surface area contributed by atoms with E-state index < -0.39 is 31.1 Å². The van der Waals surface area contributed by atoms with E-state index in [2.05, 4.69) is 25.5 Å². The van der Waals surface area contributed by atoms with Crippen LogP contribution in [-0.4, -0.2) is 66.0 Å². The van der Waals surface area contributed by atoms with Crippen LogP contribution in [0.25, 0.3) is 11.2 Å². The van der Waals surface area contributed by atoms with Gasteiger partial charge in [-0.15, -0.1) is 11.3 Å². The molecule has 6 N–H and O–H groups in total.